The van der Waals surface area contributed by atoms with Gasteiger partial charge < -0.3 is 15.4 Å². The van der Waals surface area contributed by atoms with Crippen LogP contribution < -0.4 is 10.6 Å². The molecule has 0 aromatic rings. The van der Waals surface area contributed by atoms with Crippen LogP contribution in [0.3, 0.4) is 0 Å². The first-order valence-electron chi connectivity index (χ1n) is 12.3. The van der Waals surface area contributed by atoms with Crippen molar-refractivity contribution in [3.63, 3.8) is 0 Å². The lowest BCUT2D eigenvalue weighted by Crippen LogP contribution is -2.56. The van der Waals surface area contributed by atoms with E-state index >= 15 is 0 Å². The molecular formula is C25H40N2O4. The lowest BCUT2D eigenvalue weighted by molar-refractivity contribution is -0.163. The van der Waals surface area contributed by atoms with Crippen molar-refractivity contribution in [2.75, 3.05) is 0 Å². The molecule has 4 aliphatic carbocycles. The molecule has 4 rings (SSSR count). The van der Waals surface area contributed by atoms with Gasteiger partial charge >= 0.3 is 5.97 Å². The molecule has 4 fully saturated rings. The quantitative estimate of drug-likeness (QED) is 0.668. The van der Waals surface area contributed by atoms with E-state index in [-0.39, 0.29) is 35.3 Å². The summed E-state index contributed by atoms with van der Waals surface area (Å²) < 4.78 is 5.87. The van der Waals surface area contributed by atoms with Gasteiger partial charge in [0.05, 0.1) is 6.04 Å². The predicted molar refractivity (Wildman–Crippen MR) is 118 cm³/mol. The molecule has 0 aromatic carbocycles. The van der Waals surface area contributed by atoms with Crippen LogP contribution in [0.4, 0.5) is 0 Å². The van der Waals surface area contributed by atoms with Gasteiger partial charge in [-0.2, -0.15) is 0 Å². The first kappa shape index (κ1) is 22.6. The van der Waals surface area contributed by atoms with Gasteiger partial charge in [-0.15, -0.1) is 0 Å². The number of ether oxygens (including phenoxy) is 1. The fourth-order valence-corrected chi connectivity index (χ4v) is 8.47. The molecule has 0 saturated heterocycles. The average Bonchev–Trinajstić information content (AvgIpc) is 2.92. The van der Waals surface area contributed by atoms with E-state index in [1.54, 1.807) is 13.8 Å². The highest BCUT2D eigenvalue weighted by Crippen LogP contribution is 2.66. The fraction of sp³-hybridized carbons (Fsp3) is 0.880. The number of carbonyl (C=O) groups is 3. The third-order valence-electron chi connectivity index (χ3n) is 9.72. The number of rotatable bonds is 3. The molecule has 6 heteroatoms. The molecule has 0 spiro atoms. The predicted octanol–water partition coefficient (Wildman–Crippen LogP) is 3.58. The molecule has 0 bridgehead atoms. The van der Waals surface area contributed by atoms with Crippen molar-refractivity contribution in [1.82, 2.24) is 10.6 Å². The van der Waals surface area contributed by atoms with E-state index in [1.807, 2.05) is 0 Å². The van der Waals surface area contributed by atoms with E-state index < -0.39 is 0 Å². The van der Waals surface area contributed by atoms with Crippen LogP contribution >= 0.6 is 0 Å². The Morgan fingerprint density at radius 3 is 2.13 bits per heavy atom. The molecule has 4 aliphatic rings. The smallest absolute Gasteiger partial charge is 0.302 e. The zero-order valence-electron chi connectivity index (χ0n) is 19.8. The van der Waals surface area contributed by atoms with Crippen molar-refractivity contribution in [3.8, 4) is 0 Å². The minimum absolute atomic E-state index is 0.0482. The molecule has 9 atom stereocenters. The monoisotopic (exact) mass is 432 g/mol. The molecule has 2 amide bonds. The van der Waals surface area contributed by atoms with Crippen LogP contribution in [0.25, 0.3) is 0 Å². The summed E-state index contributed by atoms with van der Waals surface area (Å²) in [5.41, 5.74) is 0.249. The van der Waals surface area contributed by atoms with Gasteiger partial charge in [0.1, 0.15) is 6.10 Å². The molecule has 174 valence electrons. The molecule has 6 nitrogen and oxygen atoms in total. The Balaban J connectivity index is 1.56. The van der Waals surface area contributed by atoms with Gasteiger partial charge in [-0.1, -0.05) is 13.8 Å². The van der Waals surface area contributed by atoms with E-state index in [2.05, 4.69) is 24.5 Å². The maximum Gasteiger partial charge on any atom is 0.302 e. The van der Waals surface area contributed by atoms with Crippen LogP contribution in [0.1, 0.15) is 86.0 Å². The van der Waals surface area contributed by atoms with Crippen LogP contribution in [0.2, 0.25) is 0 Å². The van der Waals surface area contributed by atoms with Crippen molar-refractivity contribution < 1.29 is 19.1 Å². The van der Waals surface area contributed by atoms with E-state index in [0.29, 0.717) is 35.1 Å². The number of carbonyl (C=O) groups excluding carboxylic acids is 3. The molecule has 4 saturated carbocycles. The lowest BCUT2D eigenvalue weighted by atomic mass is 9.45. The number of amides is 2. The van der Waals surface area contributed by atoms with Gasteiger partial charge in [0, 0.05) is 32.2 Å². The molecule has 0 radical (unpaired) electrons. The van der Waals surface area contributed by atoms with Crippen LogP contribution in [-0.4, -0.2) is 36.0 Å². The van der Waals surface area contributed by atoms with Gasteiger partial charge in [0.15, 0.2) is 0 Å². The number of esters is 1. The second-order valence-corrected chi connectivity index (χ2v) is 11.4. The standard InChI is InChI=1S/C25H40N2O4/c1-14(28)26-18-8-10-24(4)17(12-18)6-7-19-20(24)9-11-25(5)21(19)13-22(27-15(2)29)23(25)31-16(3)30/h17-23H,6-13H2,1-5H3,(H,26,28)(H,27,29)/t17-,18-,19?,20?,21?,22?,23-,24-,25-/m0/s1. The highest BCUT2D eigenvalue weighted by molar-refractivity contribution is 5.74. The van der Waals surface area contributed by atoms with Crippen LogP contribution in [0.15, 0.2) is 0 Å². The molecule has 4 unspecified atom stereocenters. The van der Waals surface area contributed by atoms with E-state index in [0.717, 1.165) is 25.7 Å². The normalized spacial score (nSPS) is 46.2. The largest absolute Gasteiger partial charge is 0.460 e. The summed E-state index contributed by atoms with van der Waals surface area (Å²) in [6.07, 6.45) is 8.65. The van der Waals surface area contributed by atoms with Crippen molar-refractivity contribution in [2.45, 2.75) is 104 Å². The second-order valence-electron chi connectivity index (χ2n) is 11.4. The summed E-state index contributed by atoms with van der Waals surface area (Å²) in [5, 5.41) is 6.28. The van der Waals surface area contributed by atoms with Crippen molar-refractivity contribution in [3.05, 3.63) is 0 Å². The van der Waals surface area contributed by atoms with E-state index in [1.165, 1.54) is 32.6 Å². The number of nitrogens with one attached hydrogen (secondary N) is 2. The molecular weight excluding hydrogens is 392 g/mol. The minimum Gasteiger partial charge on any atom is -0.460 e. The summed E-state index contributed by atoms with van der Waals surface area (Å²) >= 11 is 0. The Bertz CT molecular complexity index is 754. The SMILES string of the molecule is CC(=O)NC1CC2C3CC[C@H]4C[C@@H](NC(C)=O)CC[C@]4(C)C3CC[C@]2(C)[C@H]1OC(C)=O. The first-order valence-corrected chi connectivity index (χ1v) is 12.3. The Morgan fingerprint density at radius 2 is 1.48 bits per heavy atom. The average molecular weight is 433 g/mol. The fourth-order valence-electron chi connectivity index (χ4n) is 8.47. The van der Waals surface area contributed by atoms with Gasteiger partial charge in [-0.3, -0.25) is 14.4 Å². The van der Waals surface area contributed by atoms with Crippen molar-refractivity contribution >= 4 is 17.8 Å². The molecule has 2 N–H and O–H groups in total. The highest BCUT2D eigenvalue weighted by atomic mass is 16.5. The number of hydrogen-bond donors (Lipinski definition) is 2. The molecule has 0 heterocycles. The highest BCUT2D eigenvalue weighted by Gasteiger charge is 2.63. The Morgan fingerprint density at radius 1 is 0.806 bits per heavy atom. The number of fused-ring (bicyclic) bond motifs is 5. The summed E-state index contributed by atoms with van der Waals surface area (Å²) in [6.45, 7) is 9.46. The van der Waals surface area contributed by atoms with Gasteiger partial charge in [0.2, 0.25) is 11.8 Å². The maximum atomic E-state index is 11.9. The topological polar surface area (TPSA) is 84.5 Å². The van der Waals surface area contributed by atoms with Crippen LogP contribution in [-0.2, 0) is 19.1 Å². The summed E-state index contributed by atoms with van der Waals surface area (Å²) in [7, 11) is 0. The summed E-state index contributed by atoms with van der Waals surface area (Å²) in [5.74, 6) is 2.22. The van der Waals surface area contributed by atoms with E-state index in [4.69, 9.17) is 4.74 Å². The summed E-state index contributed by atoms with van der Waals surface area (Å²) in [4.78, 5) is 35.4. The summed E-state index contributed by atoms with van der Waals surface area (Å²) in [6, 6.07) is 0.237. The minimum atomic E-state index is -0.253. The molecule has 31 heavy (non-hydrogen) atoms. The zero-order valence-corrected chi connectivity index (χ0v) is 19.8. The second kappa shape index (κ2) is 8.08. The van der Waals surface area contributed by atoms with Gasteiger partial charge in [0.25, 0.3) is 0 Å². The van der Waals surface area contributed by atoms with Crippen molar-refractivity contribution in [1.29, 1.82) is 0 Å². The molecule has 0 aliphatic heterocycles. The van der Waals surface area contributed by atoms with E-state index in [9.17, 15) is 14.4 Å². The lowest BCUT2D eigenvalue weighted by Gasteiger charge is -2.60. The molecule has 0 aromatic heterocycles. The zero-order chi connectivity index (χ0) is 22.6. The van der Waals surface area contributed by atoms with Gasteiger partial charge in [-0.25, -0.2) is 0 Å². The first-order chi connectivity index (χ1) is 14.5. The Kier molecular flexibility index (Phi) is 5.89. The maximum absolute atomic E-state index is 11.9. The number of hydrogen-bond acceptors (Lipinski definition) is 4. The van der Waals surface area contributed by atoms with Crippen molar-refractivity contribution in [2.24, 2.45) is 34.5 Å². The van der Waals surface area contributed by atoms with Crippen LogP contribution in [0.5, 0.6) is 0 Å². The third kappa shape index (κ3) is 3.89. The third-order valence-corrected chi connectivity index (χ3v) is 9.72. The van der Waals surface area contributed by atoms with Crippen LogP contribution in [0, 0.1) is 34.5 Å². The Hall–Kier alpha value is -1.59. The van der Waals surface area contributed by atoms with Gasteiger partial charge in [-0.05, 0) is 80.5 Å². The Labute approximate surface area is 186 Å².